The summed E-state index contributed by atoms with van der Waals surface area (Å²) in [6, 6.07) is 17.4. The second kappa shape index (κ2) is 6.49. The van der Waals surface area contributed by atoms with Gasteiger partial charge in [-0.3, -0.25) is 0 Å². The van der Waals surface area contributed by atoms with Crippen LogP contribution in [0, 0.1) is 11.5 Å². The molecule has 2 aromatic carbocycles. The van der Waals surface area contributed by atoms with Crippen LogP contribution in [0.5, 0.6) is 0 Å². The minimum absolute atomic E-state index is 0.754. The molecule has 0 saturated heterocycles. The van der Waals surface area contributed by atoms with Gasteiger partial charge in [0.05, 0.1) is 0 Å². The van der Waals surface area contributed by atoms with Crippen LogP contribution in [-0.4, -0.2) is 18.5 Å². The van der Waals surface area contributed by atoms with E-state index in [1.165, 1.54) is 27.8 Å². The van der Waals surface area contributed by atoms with Crippen molar-refractivity contribution in [2.24, 2.45) is 0 Å². The number of aryl methyl sites for hydroxylation is 2. The van der Waals surface area contributed by atoms with E-state index < -0.39 is 0 Å². The van der Waals surface area contributed by atoms with Crippen molar-refractivity contribution < 1.29 is 0 Å². The maximum atomic E-state index is 8.89. The van der Waals surface area contributed by atoms with E-state index in [0.717, 1.165) is 25.8 Å². The SMILES string of the molecule is CN(C#N)CCC=C1c2ccccc2CCc2ccccc21. The summed E-state index contributed by atoms with van der Waals surface area (Å²) in [4.78, 5) is 1.67. The van der Waals surface area contributed by atoms with Crippen LogP contribution in [0.1, 0.15) is 28.7 Å². The van der Waals surface area contributed by atoms with Gasteiger partial charge >= 0.3 is 0 Å². The van der Waals surface area contributed by atoms with Gasteiger partial charge in [0.2, 0.25) is 0 Å². The molecule has 0 unspecified atom stereocenters. The van der Waals surface area contributed by atoms with Crippen molar-refractivity contribution in [3.8, 4) is 6.19 Å². The number of rotatable bonds is 3. The van der Waals surface area contributed by atoms with Crippen molar-refractivity contribution in [1.82, 2.24) is 4.90 Å². The molecular weight excluding hydrogens is 268 g/mol. The Balaban J connectivity index is 2.03. The summed E-state index contributed by atoms with van der Waals surface area (Å²) in [6.07, 6.45) is 7.49. The summed E-state index contributed by atoms with van der Waals surface area (Å²) in [5, 5.41) is 8.89. The van der Waals surface area contributed by atoms with Crippen molar-refractivity contribution in [1.29, 1.82) is 5.26 Å². The normalized spacial score (nSPS) is 12.6. The number of hydrogen-bond acceptors (Lipinski definition) is 2. The predicted octanol–water partition coefficient (Wildman–Crippen LogP) is 4.02. The molecule has 0 heterocycles. The fraction of sp³-hybridized carbons (Fsp3) is 0.250. The fourth-order valence-electron chi connectivity index (χ4n) is 3.09. The molecule has 110 valence electrons. The third kappa shape index (κ3) is 2.89. The molecule has 2 heteroatoms. The molecule has 0 saturated carbocycles. The van der Waals surface area contributed by atoms with Crippen molar-refractivity contribution >= 4 is 5.57 Å². The van der Waals surface area contributed by atoms with Gasteiger partial charge in [-0.1, -0.05) is 54.6 Å². The highest BCUT2D eigenvalue weighted by Crippen LogP contribution is 2.33. The maximum absolute atomic E-state index is 8.89. The van der Waals surface area contributed by atoms with Gasteiger partial charge in [0.1, 0.15) is 0 Å². The smallest absolute Gasteiger partial charge is 0.179 e. The number of benzene rings is 2. The zero-order valence-corrected chi connectivity index (χ0v) is 12.9. The number of hydrogen-bond donors (Lipinski definition) is 0. The Bertz CT molecular complexity index is 688. The summed E-state index contributed by atoms with van der Waals surface area (Å²) in [5.41, 5.74) is 6.83. The number of fused-ring (bicyclic) bond motifs is 2. The Morgan fingerprint density at radius 1 is 1.00 bits per heavy atom. The van der Waals surface area contributed by atoms with Gasteiger partial charge in [0.15, 0.2) is 6.19 Å². The lowest BCUT2D eigenvalue weighted by molar-refractivity contribution is 0.483. The van der Waals surface area contributed by atoms with E-state index in [1.807, 2.05) is 7.05 Å². The van der Waals surface area contributed by atoms with E-state index in [4.69, 9.17) is 5.26 Å². The minimum atomic E-state index is 0.754. The summed E-state index contributed by atoms with van der Waals surface area (Å²) >= 11 is 0. The van der Waals surface area contributed by atoms with E-state index in [0.29, 0.717) is 0 Å². The van der Waals surface area contributed by atoms with E-state index in [2.05, 4.69) is 60.8 Å². The van der Waals surface area contributed by atoms with Crippen LogP contribution in [-0.2, 0) is 12.8 Å². The topological polar surface area (TPSA) is 27.0 Å². The van der Waals surface area contributed by atoms with Gasteiger partial charge in [-0.05, 0) is 47.1 Å². The largest absolute Gasteiger partial charge is 0.313 e. The third-order valence-electron chi connectivity index (χ3n) is 4.26. The van der Waals surface area contributed by atoms with E-state index >= 15 is 0 Å². The van der Waals surface area contributed by atoms with Gasteiger partial charge in [-0.25, -0.2) is 0 Å². The molecule has 0 fully saturated rings. The molecule has 2 nitrogen and oxygen atoms in total. The quantitative estimate of drug-likeness (QED) is 0.630. The number of nitriles is 1. The van der Waals surface area contributed by atoms with Gasteiger partial charge in [-0.2, -0.15) is 5.26 Å². The first-order valence-corrected chi connectivity index (χ1v) is 7.77. The second-order valence-electron chi connectivity index (χ2n) is 5.74. The highest BCUT2D eigenvalue weighted by molar-refractivity contribution is 5.83. The zero-order chi connectivity index (χ0) is 15.4. The second-order valence-corrected chi connectivity index (χ2v) is 5.74. The predicted molar refractivity (Wildman–Crippen MR) is 90.2 cm³/mol. The van der Waals surface area contributed by atoms with E-state index in [-0.39, 0.29) is 0 Å². The van der Waals surface area contributed by atoms with Crippen molar-refractivity contribution in [2.75, 3.05) is 13.6 Å². The van der Waals surface area contributed by atoms with Gasteiger partial charge in [0.25, 0.3) is 0 Å². The van der Waals surface area contributed by atoms with Crippen molar-refractivity contribution in [3.63, 3.8) is 0 Å². The Morgan fingerprint density at radius 3 is 2.09 bits per heavy atom. The van der Waals surface area contributed by atoms with Crippen LogP contribution < -0.4 is 0 Å². The van der Waals surface area contributed by atoms with Crippen LogP contribution in [0.3, 0.4) is 0 Å². The highest BCUT2D eigenvalue weighted by Gasteiger charge is 2.16. The van der Waals surface area contributed by atoms with E-state index in [1.54, 1.807) is 4.90 Å². The first-order valence-electron chi connectivity index (χ1n) is 7.77. The first kappa shape index (κ1) is 14.4. The van der Waals surface area contributed by atoms with Gasteiger partial charge in [0, 0.05) is 13.6 Å². The van der Waals surface area contributed by atoms with Gasteiger partial charge in [-0.15, -0.1) is 0 Å². The first-order chi connectivity index (χ1) is 10.8. The van der Waals surface area contributed by atoms with Crippen molar-refractivity contribution in [2.45, 2.75) is 19.3 Å². The molecule has 22 heavy (non-hydrogen) atoms. The molecular formula is C20H20N2. The summed E-state index contributed by atoms with van der Waals surface area (Å²) < 4.78 is 0. The van der Waals surface area contributed by atoms with Crippen LogP contribution in [0.4, 0.5) is 0 Å². The molecule has 2 aromatic rings. The fourth-order valence-corrected chi connectivity index (χ4v) is 3.09. The lowest BCUT2D eigenvalue weighted by Gasteiger charge is -2.13. The Kier molecular flexibility index (Phi) is 4.25. The monoisotopic (exact) mass is 288 g/mol. The molecule has 1 aliphatic carbocycles. The molecule has 0 atom stereocenters. The molecule has 0 spiro atoms. The molecule has 0 radical (unpaired) electrons. The summed E-state index contributed by atoms with van der Waals surface area (Å²) in [6.45, 7) is 0.754. The van der Waals surface area contributed by atoms with Crippen LogP contribution in [0.25, 0.3) is 5.57 Å². The van der Waals surface area contributed by atoms with Crippen LogP contribution in [0.15, 0.2) is 54.6 Å². The Labute approximate surface area is 132 Å². The molecule has 3 rings (SSSR count). The average Bonchev–Trinajstić information content (AvgIpc) is 2.72. The lowest BCUT2D eigenvalue weighted by Crippen LogP contribution is -2.11. The summed E-state index contributed by atoms with van der Waals surface area (Å²) in [7, 11) is 1.83. The molecule has 0 N–H and O–H groups in total. The zero-order valence-electron chi connectivity index (χ0n) is 12.9. The van der Waals surface area contributed by atoms with Crippen LogP contribution in [0.2, 0.25) is 0 Å². The van der Waals surface area contributed by atoms with E-state index in [9.17, 15) is 0 Å². The summed E-state index contributed by atoms with van der Waals surface area (Å²) in [5.74, 6) is 0. The standard InChI is InChI=1S/C20H20N2/c1-22(15-21)14-6-11-20-18-9-4-2-7-16(18)12-13-17-8-3-5-10-19(17)20/h2-5,7-11H,6,12-14H2,1H3. The molecule has 0 bridgehead atoms. The molecule has 1 aliphatic rings. The molecule has 0 aliphatic heterocycles. The maximum Gasteiger partial charge on any atom is 0.179 e. The number of nitrogens with zero attached hydrogens (tertiary/aromatic N) is 2. The van der Waals surface area contributed by atoms with Crippen molar-refractivity contribution in [3.05, 3.63) is 76.9 Å². The molecule has 0 aromatic heterocycles. The molecule has 0 amide bonds. The highest BCUT2D eigenvalue weighted by atomic mass is 15.1. The lowest BCUT2D eigenvalue weighted by atomic mass is 9.93. The third-order valence-corrected chi connectivity index (χ3v) is 4.26. The Hall–Kier alpha value is -2.53. The minimum Gasteiger partial charge on any atom is -0.313 e. The Morgan fingerprint density at radius 2 is 1.55 bits per heavy atom. The average molecular weight is 288 g/mol. The van der Waals surface area contributed by atoms with Crippen LogP contribution >= 0.6 is 0 Å². The van der Waals surface area contributed by atoms with Gasteiger partial charge < -0.3 is 4.90 Å².